The van der Waals surface area contributed by atoms with Gasteiger partial charge in [-0.05, 0) is 45.9 Å². The highest BCUT2D eigenvalue weighted by molar-refractivity contribution is 5.53. The first-order valence-corrected chi connectivity index (χ1v) is 6.67. The minimum atomic E-state index is -0.356. The lowest BCUT2D eigenvalue weighted by Gasteiger charge is -2.11. The fraction of sp³-hybridized carbons (Fsp3) is 0.400. The monoisotopic (exact) mass is 277 g/mol. The van der Waals surface area contributed by atoms with Crippen LogP contribution in [-0.2, 0) is 6.54 Å². The van der Waals surface area contributed by atoms with Crippen LogP contribution in [0.25, 0.3) is 0 Å². The van der Waals surface area contributed by atoms with Crippen LogP contribution < -0.4 is 5.32 Å². The molecule has 0 radical (unpaired) electrons. The van der Waals surface area contributed by atoms with Gasteiger partial charge in [0.2, 0.25) is 0 Å². The SMILES string of the molecule is Cc1nn(C(C)C)c(C)c1NCc1cc(F)ccc1O. The molecular weight excluding hydrogens is 257 g/mol. The van der Waals surface area contributed by atoms with E-state index in [1.807, 2.05) is 18.5 Å². The van der Waals surface area contributed by atoms with Crippen molar-refractivity contribution < 1.29 is 9.50 Å². The van der Waals surface area contributed by atoms with Gasteiger partial charge in [-0.1, -0.05) is 0 Å². The van der Waals surface area contributed by atoms with E-state index in [0.717, 1.165) is 17.1 Å². The van der Waals surface area contributed by atoms with Gasteiger partial charge in [-0.2, -0.15) is 5.10 Å². The first kappa shape index (κ1) is 14.4. The van der Waals surface area contributed by atoms with E-state index in [0.29, 0.717) is 12.1 Å². The maximum atomic E-state index is 13.2. The molecule has 0 spiro atoms. The molecule has 1 aromatic heterocycles. The maximum absolute atomic E-state index is 13.2. The molecule has 5 heteroatoms. The van der Waals surface area contributed by atoms with Crippen LogP contribution in [-0.4, -0.2) is 14.9 Å². The second-order valence-corrected chi connectivity index (χ2v) is 5.21. The van der Waals surface area contributed by atoms with E-state index in [1.54, 1.807) is 0 Å². The number of phenols is 1. The van der Waals surface area contributed by atoms with Crippen molar-refractivity contribution in [3.8, 4) is 5.75 Å². The van der Waals surface area contributed by atoms with E-state index >= 15 is 0 Å². The Morgan fingerprint density at radius 1 is 1.35 bits per heavy atom. The van der Waals surface area contributed by atoms with E-state index in [1.165, 1.54) is 18.2 Å². The normalized spacial score (nSPS) is 11.1. The number of anilines is 1. The third kappa shape index (κ3) is 2.76. The zero-order valence-corrected chi connectivity index (χ0v) is 12.2. The highest BCUT2D eigenvalue weighted by atomic mass is 19.1. The van der Waals surface area contributed by atoms with Crippen LogP contribution in [0.1, 0.15) is 36.8 Å². The zero-order chi connectivity index (χ0) is 14.9. The van der Waals surface area contributed by atoms with Crippen molar-refractivity contribution >= 4 is 5.69 Å². The summed E-state index contributed by atoms with van der Waals surface area (Å²) in [6.45, 7) is 8.42. The van der Waals surface area contributed by atoms with Gasteiger partial charge >= 0.3 is 0 Å². The predicted octanol–water partition coefficient (Wildman–Crippen LogP) is 3.54. The fourth-order valence-electron chi connectivity index (χ4n) is 2.30. The van der Waals surface area contributed by atoms with E-state index in [2.05, 4.69) is 24.3 Å². The van der Waals surface area contributed by atoms with E-state index < -0.39 is 0 Å². The van der Waals surface area contributed by atoms with Crippen LogP contribution in [0.2, 0.25) is 0 Å². The molecule has 2 N–H and O–H groups in total. The summed E-state index contributed by atoms with van der Waals surface area (Å²) in [6.07, 6.45) is 0. The van der Waals surface area contributed by atoms with Crippen molar-refractivity contribution in [1.82, 2.24) is 9.78 Å². The zero-order valence-electron chi connectivity index (χ0n) is 12.2. The predicted molar refractivity (Wildman–Crippen MR) is 77.5 cm³/mol. The van der Waals surface area contributed by atoms with Crippen LogP contribution in [0, 0.1) is 19.7 Å². The van der Waals surface area contributed by atoms with Crippen molar-refractivity contribution in [3.63, 3.8) is 0 Å². The summed E-state index contributed by atoms with van der Waals surface area (Å²) in [4.78, 5) is 0. The molecule has 20 heavy (non-hydrogen) atoms. The molecule has 0 aliphatic carbocycles. The number of rotatable bonds is 4. The molecule has 0 fully saturated rings. The molecule has 0 amide bonds. The Morgan fingerprint density at radius 2 is 2.05 bits per heavy atom. The third-order valence-corrected chi connectivity index (χ3v) is 3.31. The molecule has 0 bridgehead atoms. The Hall–Kier alpha value is -2.04. The number of hydrogen-bond acceptors (Lipinski definition) is 3. The second-order valence-electron chi connectivity index (χ2n) is 5.21. The number of aromatic nitrogens is 2. The highest BCUT2D eigenvalue weighted by Crippen LogP contribution is 2.25. The lowest BCUT2D eigenvalue weighted by atomic mass is 10.2. The van der Waals surface area contributed by atoms with E-state index in [-0.39, 0.29) is 17.6 Å². The molecule has 1 heterocycles. The Bertz CT molecular complexity index is 620. The maximum Gasteiger partial charge on any atom is 0.123 e. The van der Waals surface area contributed by atoms with Gasteiger partial charge in [0.25, 0.3) is 0 Å². The molecule has 2 aromatic rings. The molecule has 0 atom stereocenters. The van der Waals surface area contributed by atoms with Crippen molar-refractivity contribution in [1.29, 1.82) is 0 Å². The summed E-state index contributed by atoms with van der Waals surface area (Å²) in [5.74, 6) is -0.267. The van der Waals surface area contributed by atoms with E-state index in [9.17, 15) is 9.50 Å². The number of nitrogens with one attached hydrogen (secondary N) is 1. The topological polar surface area (TPSA) is 50.1 Å². The molecule has 0 unspecified atom stereocenters. The lowest BCUT2D eigenvalue weighted by Crippen LogP contribution is -2.06. The van der Waals surface area contributed by atoms with Gasteiger partial charge in [0, 0.05) is 18.2 Å². The molecule has 0 saturated heterocycles. The second kappa shape index (κ2) is 5.53. The Kier molecular flexibility index (Phi) is 3.97. The molecule has 0 aliphatic rings. The first-order valence-electron chi connectivity index (χ1n) is 6.67. The number of aryl methyl sites for hydroxylation is 1. The molecule has 1 aromatic carbocycles. The average molecular weight is 277 g/mol. The summed E-state index contributed by atoms with van der Waals surface area (Å²) >= 11 is 0. The van der Waals surface area contributed by atoms with Crippen LogP contribution in [0.4, 0.5) is 10.1 Å². The number of nitrogens with zero attached hydrogens (tertiary/aromatic N) is 2. The van der Waals surface area contributed by atoms with Crippen molar-refractivity contribution in [3.05, 3.63) is 41.0 Å². The van der Waals surface area contributed by atoms with Gasteiger partial charge in [-0.25, -0.2) is 4.39 Å². The number of hydrogen-bond donors (Lipinski definition) is 2. The summed E-state index contributed by atoms with van der Waals surface area (Å²) in [5, 5.41) is 17.4. The summed E-state index contributed by atoms with van der Waals surface area (Å²) in [5.41, 5.74) is 3.39. The van der Waals surface area contributed by atoms with Gasteiger partial charge in [0.1, 0.15) is 11.6 Å². The number of aromatic hydroxyl groups is 1. The van der Waals surface area contributed by atoms with Gasteiger partial charge < -0.3 is 10.4 Å². The molecule has 2 rings (SSSR count). The van der Waals surface area contributed by atoms with E-state index in [4.69, 9.17) is 0 Å². The molecule has 0 aliphatic heterocycles. The van der Waals surface area contributed by atoms with Crippen LogP contribution >= 0.6 is 0 Å². The van der Waals surface area contributed by atoms with Crippen LogP contribution in [0.3, 0.4) is 0 Å². The highest BCUT2D eigenvalue weighted by Gasteiger charge is 2.13. The Labute approximate surface area is 118 Å². The molecular formula is C15H20FN3O. The smallest absolute Gasteiger partial charge is 0.123 e. The Balaban J connectivity index is 2.21. The minimum absolute atomic E-state index is 0.0884. The van der Waals surface area contributed by atoms with Gasteiger partial charge in [-0.15, -0.1) is 0 Å². The number of halogens is 1. The van der Waals surface area contributed by atoms with Gasteiger partial charge in [0.15, 0.2) is 0 Å². The largest absolute Gasteiger partial charge is 0.508 e. The lowest BCUT2D eigenvalue weighted by molar-refractivity contribution is 0.466. The minimum Gasteiger partial charge on any atom is -0.508 e. The Morgan fingerprint density at radius 3 is 2.65 bits per heavy atom. The summed E-state index contributed by atoms with van der Waals surface area (Å²) in [7, 11) is 0. The van der Waals surface area contributed by atoms with Gasteiger partial charge in [-0.3, -0.25) is 4.68 Å². The summed E-state index contributed by atoms with van der Waals surface area (Å²) < 4.78 is 15.1. The molecule has 108 valence electrons. The van der Waals surface area contributed by atoms with Crippen molar-refractivity contribution in [2.75, 3.05) is 5.32 Å². The number of benzene rings is 1. The average Bonchev–Trinajstić information content (AvgIpc) is 2.67. The van der Waals surface area contributed by atoms with Crippen LogP contribution in [0.15, 0.2) is 18.2 Å². The first-order chi connectivity index (χ1) is 9.40. The number of phenolic OH excluding ortho intramolecular Hbond substituents is 1. The molecule has 4 nitrogen and oxygen atoms in total. The quantitative estimate of drug-likeness (QED) is 0.898. The third-order valence-electron chi connectivity index (χ3n) is 3.31. The van der Waals surface area contributed by atoms with Crippen molar-refractivity contribution in [2.24, 2.45) is 0 Å². The van der Waals surface area contributed by atoms with Gasteiger partial charge in [0.05, 0.1) is 17.1 Å². The fourth-order valence-corrected chi connectivity index (χ4v) is 2.30. The van der Waals surface area contributed by atoms with Crippen LogP contribution in [0.5, 0.6) is 5.75 Å². The van der Waals surface area contributed by atoms with Crippen molar-refractivity contribution in [2.45, 2.75) is 40.3 Å². The summed E-state index contributed by atoms with van der Waals surface area (Å²) in [6, 6.07) is 4.22. The standard InChI is InChI=1S/C15H20FN3O/c1-9(2)19-11(4)15(10(3)18-19)17-8-12-7-13(16)5-6-14(12)20/h5-7,9,17,20H,8H2,1-4H3. The molecule has 0 saturated carbocycles.